The van der Waals surface area contributed by atoms with Gasteiger partial charge in [0.25, 0.3) is 0 Å². The van der Waals surface area contributed by atoms with Gasteiger partial charge in [-0.3, -0.25) is 0 Å². The summed E-state index contributed by atoms with van der Waals surface area (Å²) < 4.78 is 15.0. The van der Waals surface area contributed by atoms with Crippen LogP contribution in [-0.2, 0) is 23.8 Å². The molecule has 0 N–H and O–H groups in total. The van der Waals surface area contributed by atoms with Gasteiger partial charge in [-0.2, -0.15) is 0 Å². The van der Waals surface area contributed by atoms with Crippen LogP contribution in [0.2, 0.25) is 5.02 Å². The van der Waals surface area contributed by atoms with Gasteiger partial charge in [-0.15, -0.1) is 0 Å². The third kappa shape index (κ3) is 5.44. The van der Waals surface area contributed by atoms with Gasteiger partial charge in [0.15, 0.2) is 0 Å². The normalized spacial score (nSPS) is 11.7. The molecule has 0 aliphatic rings. The molecule has 2 rings (SSSR count). The van der Waals surface area contributed by atoms with E-state index in [0.717, 1.165) is 0 Å². The predicted molar refractivity (Wildman–Crippen MR) is 104 cm³/mol. The Bertz CT molecular complexity index is 890. The summed E-state index contributed by atoms with van der Waals surface area (Å²) in [6.45, 7) is 1.93. The molecule has 2 aromatic carbocycles. The molecule has 0 amide bonds. The molecule has 1 atom stereocenters. The molecular formula is C21H19ClO6. The molecule has 28 heavy (non-hydrogen) atoms. The molecule has 0 aromatic heterocycles. The number of halogens is 1. The highest BCUT2D eigenvalue weighted by Crippen LogP contribution is 2.28. The summed E-state index contributed by atoms with van der Waals surface area (Å²) in [5, 5.41) is 0.265. The Morgan fingerprint density at radius 1 is 1.07 bits per heavy atom. The molecule has 6 nitrogen and oxygen atoms in total. The zero-order chi connectivity index (χ0) is 20.5. The number of carbonyl (C=O) groups excluding carboxylic acids is 3. The molecule has 0 saturated heterocycles. The summed E-state index contributed by atoms with van der Waals surface area (Å²) in [5.74, 6) is -2.06. The van der Waals surface area contributed by atoms with Gasteiger partial charge in [0, 0.05) is 16.7 Å². The standard InChI is InChI=1S/C21H19ClO6/c1-3-27-18(23)13-12-14-8-4-5-9-15(14)20(24)28-19(21(25)26-2)16-10-6-7-11-17(16)22/h4-13,19H,3H2,1-2H3/b13-12+. The maximum atomic E-state index is 12.7. The first-order valence-corrected chi connectivity index (χ1v) is 8.82. The lowest BCUT2D eigenvalue weighted by Gasteiger charge is -2.17. The first-order valence-electron chi connectivity index (χ1n) is 8.45. The first-order chi connectivity index (χ1) is 13.5. The average molecular weight is 403 g/mol. The molecule has 0 heterocycles. The van der Waals surface area contributed by atoms with Crippen molar-refractivity contribution in [3.05, 3.63) is 76.3 Å². The number of methoxy groups -OCH3 is 1. The van der Waals surface area contributed by atoms with Crippen molar-refractivity contribution >= 4 is 35.6 Å². The molecule has 0 fully saturated rings. The Kier molecular flexibility index (Phi) is 7.77. The summed E-state index contributed by atoms with van der Waals surface area (Å²) in [6, 6.07) is 13.0. The van der Waals surface area contributed by atoms with Crippen LogP contribution in [0.3, 0.4) is 0 Å². The van der Waals surface area contributed by atoms with E-state index in [2.05, 4.69) is 0 Å². The molecule has 0 radical (unpaired) electrons. The number of hydrogen-bond acceptors (Lipinski definition) is 6. The lowest BCUT2D eigenvalue weighted by molar-refractivity contribution is -0.151. The third-order valence-electron chi connectivity index (χ3n) is 3.69. The van der Waals surface area contributed by atoms with Crippen LogP contribution in [-0.4, -0.2) is 31.6 Å². The first kappa shape index (κ1) is 21.2. The van der Waals surface area contributed by atoms with Gasteiger partial charge in [0.05, 0.1) is 19.3 Å². The summed E-state index contributed by atoms with van der Waals surface area (Å²) in [4.78, 5) is 36.4. The smallest absolute Gasteiger partial charge is 0.352 e. The minimum Gasteiger partial charge on any atom is -0.466 e. The van der Waals surface area contributed by atoms with Gasteiger partial charge < -0.3 is 14.2 Å². The van der Waals surface area contributed by atoms with Crippen LogP contribution < -0.4 is 0 Å². The number of rotatable bonds is 7. The Labute approximate surface area is 167 Å². The van der Waals surface area contributed by atoms with Crippen molar-refractivity contribution in [3.8, 4) is 0 Å². The summed E-state index contributed by atoms with van der Waals surface area (Å²) in [7, 11) is 1.19. The summed E-state index contributed by atoms with van der Waals surface area (Å²) in [5.41, 5.74) is 0.913. The van der Waals surface area contributed by atoms with Crippen LogP contribution in [0.1, 0.15) is 34.5 Å². The van der Waals surface area contributed by atoms with Gasteiger partial charge >= 0.3 is 17.9 Å². The Morgan fingerprint density at radius 3 is 2.43 bits per heavy atom. The summed E-state index contributed by atoms with van der Waals surface area (Å²) in [6.07, 6.45) is 1.33. The van der Waals surface area contributed by atoms with Gasteiger partial charge in [-0.1, -0.05) is 48.0 Å². The number of ether oxygens (including phenoxy) is 3. The number of benzene rings is 2. The van der Waals surface area contributed by atoms with Crippen molar-refractivity contribution in [1.29, 1.82) is 0 Å². The fraction of sp³-hybridized carbons (Fsp3) is 0.190. The Balaban J connectivity index is 2.31. The van der Waals surface area contributed by atoms with Crippen LogP contribution in [0.15, 0.2) is 54.6 Å². The van der Waals surface area contributed by atoms with Crippen molar-refractivity contribution in [1.82, 2.24) is 0 Å². The van der Waals surface area contributed by atoms with Crippen molar-refractivity contribution in [2.45, 2.75) is 13.0 Å². The second kappa shape index (κ2) is 10.3. The summed E-state index contributed by atoms with van der Waals surface area (Å²) >= 11 is 6.13. The van der Waals surface area contributed by atoms with Crippen molar-refractivity contribution < 1.29 is 28.6 Å². The van der Waals surface area contributed by atoms with Crippen molar-refractivity contribution in [3.63, 3.8) is 0 Å². The van der Waals surface area contributed by atoms with Crippen LogP contribution in [0.5, 0.6) is 0 Å². The fourth-order valence-electron chi connectivity index (χ4n) is 2.38. The van der Waals surface area contributed by atoms with Crippen LogP contribution in [0, 0.1) is 0 Å². The topological polar surface area (TPSA) is 78.9 Å². The maximum absolute atomic E-state index is 12.7. The van der Waals surface area contributed by atoms with E-state index < -0.39 is 24.0 Å². The van der Waals surface area contributed by atoms with Crippen LogP contribution in [0.4, 0.5) is 0 Å². The Hall–Kier alpha value is -3.12. The van der Waals surface area contributed by atoms with Crippen LogP contribution in [0.25, 0.3) is 6.08 Å². The molecule has 2 aromatic rings. The number of hydrogen-bond donors (Lipinski definition) is 0. The van der Waals surface area contributed by atoms with E-state index in [1.165, 1.54) is 25.3 Å². The zero-order valence-corrected chi connectivity index (χ0v) is 16.1. The molecule has 7 heteroatoms. The molecule has 0 saturated carbocycles. The highest BCUT2D eigenvalue weighted by molar-refractivity contribution is 6.31. The molecule has 0 bridgehead atoms. The minimum absolute atomic E-state index is 0.170. The van der Waals surface area contributed by atoms with Crippen molar-refractivity contribution in [2.75, 3.05) is 13.7 Å². The molecule has 0 aliphatic heterocycles. The number of esters is 3. The van der Waals surface area contributed by atoms with Gasteiger partial charge in [-0.25, -0.2) is 14.4 Å². The molecule has 0 aliphatic carbocycles. The largest absolute Gasteiger partial charge is 0.466 e. The molecular weight excluding hydrogens is 384 g/mol. The quantitative estimate of drug-likeness (QED) is 0.396. The lowest BCUT2D eigenvalue weighted by atomic mass is 10.1. The molecule has 0 spiro atoms. The molecule has 146 valence electrons. The van der Waals surface area contributed by atoms with Gasteiger partial charge in [0.2, 0.25) is 6.10 Å². The van der Waals surface area contributed by atoms with Gasteiger partial charge in [-0.05, 0) is 30.7 Å². The molecule has 1 unspecified atom stereocenters. The predicted octanol–water partition coefficient (Wildman–Crippen LogP) is 3.99. The minimum atomic E-state index is -1.33. The zero-order valence-electron chi connectivity index (χ0n) is 15.4. The monoisotopic (exact) mass is 402 g/mol. The highest BCUT2D eigenvalue weighted by atomic mass is 35.5. The van der Waals surface area contributed by atoms with E-state index >= 15 is 0 Å². The van der Waals surface area contributed by atoms with E-state index in [9.17, 15) is 14.4 Å². The average Bonchev–Trinajstić information content (AvgIpc) is 2.71. The van der Waals surface area contributed by atoms with E-state index in [1.807, 2.05) is 0 Å². The SMILES string of the molecule is CCOC(=O)/C=C/c1ccccc1C(=O)OC(C(=O)OC)c1ccccc1Cl. The van der Waals surface area contributed by atoms with E-state index in [4.69, 9.17) is 25.8 Å². The van der Waals surface area contributed by atoms with Crippen LogP contribution >= 0.6 is 11.6 Å². The van der Waals surface area contributed by atoms with Crippen molar-refractivity contribution in [2.24, 2.45) is 0 Å². The second-order valence-corrected chi connectivity index (χ2v) is 5.91. The maximum Gasteiger partial charge on any atom is 0.352 e. The van der Waals surface area contributed by atoms with E-state index in [0.29, 0.717) is 11.1 Å². The fourth-order valence-corrected chi connectivity index (χ4v) is 2.62. The van der Waals surface area contributed by atoms with Gasteiger partial charge in [0.1, 0.15) is 0 Å². The van der Waals surface area contributed by atoms with E-state index in [1.54, 1.807) is 49.4 Å². The number of carbonyl (C=O) groups is 3. The second-order valence-electron chi connectivity index (χ2n) is 5.50. The third-order valence-corrected chi connectivity index (χ3v) is 4.04. The Morgan fingerprint density at radius 2 is 1.75 bits per heavy atom. The van der Waals surface area contributed by atoms with E-state index in [-0.39, 0.29) is 17.2 Å². The highest BCUT2D eigenvalue weighted by Gasteiger charge is 2.29. The lowest BCUT2D eigenvalue weighted by Crippen LogP contribution is -2.22.